The van der Waals surface area contributed by atoms with Crippen molar-refractivity contribution >= 4 is 0 Å². The Balaban J connectivity index is 2.93. The molecule has 0 aromatic heterocycles. The summed E-state index contributed by atoms with van der Waals surface area (Å²) >= 11 is 0. The van der Waals surface area contributed by atoms with Crippen LogP contribution in [0.5, 0.6) is 0 Å². The topological polar surface area (TPSA) is 17.9 Å². The number of nitrogens with one attached hydrogen (secondary N) is 1. The molecule has 2 heteroatoms. The van der Waals surface area contributed by atoms with Gasteiger partial charge in [-0.25, -0.2) is 0 Å². The number of hydrogen-bond acceptors (Lipinski definition) is 2. The van der Waals surface area contributed by atoms with Gasteiger partial charge >= 0.3 is 0 Å². The van der Waals surface area contributed by atoms with Crippen molar-refractivity contribution in [1.82, 2.24) is 10.4 Å². The van der Waals surface area contributed by atoms with Gasteiger partial charge in [-0.2, -0.15) is 0 Å². The summed E-state index contributed by atoms with van der Waals surface area (Å²) in [6, 6.07) is 0. The highest BCUT2D eigenvalue weighted by molar-refractivity contribution is 4.46. The summed E-state index contributed by atoms with van der Waals surface area (Å²) in [7, 11) is 4.00. The third-order valence-corrected chi connectivity index (χ3v) is 0.816. The average Bonchev–Trinajstić information content (AvgIpc) is 1.61. The highest BCUT2D eigenvalue weighted by atomic mass is 15.5. The van der Waals surface area contributed by atoms with Crippen LogP contribution in [0.2, 0.25) is 0 Å². The van der Waals surface area contributed by atoms with Gasteiger partial charge in [-0.1, -0.05) is 18.9 Å². The van der Waals surface area contributed by atoms with Gasteiger partial charge in [0.1, 0.15) is 14.1 Å². The Bertz CT molecular complexity index is 42.5. The molecule has 0 aromatic carbocycles. The van der Waals surface area contributed by atoms with Crippen LogP contribution in [0.4, 0.5) is 0 Å². The molecule has 0 aliphatic carbocycles. The third kappa shape index (κ3) is 5.92. The van der Waals surface area contributed by atoms with Crippen LogP contribution in [0.3, 0.4) is 0 Å². The van der Waals surface area contributed by atoms with E-state index in [0.717, 1.165) is 12.5 Å². The molecule has 0 aromatic rings. The molecule has 1 radical (unpaired) electrons. The fourth-order valence-corrected chi connectivity index (χ4v) is 0.365. The van der Waals surface area contributed by atoms with Gasteiger partial charge in [0.05, 0.1) is 6.54 Å². The van der Waals surface area contributed by atoms with Crippen LogP contribution >= 0.6 is 0 Å². The van der Waals surface area contributed by atoms with Crippen LogP contribution in [-0.4, -0.2) is 20.6 Å². The molecule has 0 aliphatic rings. The second-order valence-electron chi connectivity index (χ2n) is 2.65. The fraction of sp³-hybridized carbons (Fsp3) is 1.00. The molecule has 0 atom stereocenters. The molecule has 0 heterocycles. The van der Waals surface area contributed by atoms with Crippen LogP contribution < -0.4 is 10.4 Å². The summed E-state index contributed by atoms with van der Waals surface area (Å²) in [5.74, 6) is 0.734. The first-order valence-corrected chi connectivity index (χ1v) is 3.03. The standard InChI is InChI=1S/C6H16N2/c1-6(2)5-7-8(3)4/h6-7H,5H2,1-4H3/q+1. The van der Waals surface area contributed by atoms with Gasteiger partial charge in [0.25, 0.3) is 0 Å². The molecule has 0 bridgehead atoms. The lowest BCUT2D eigenvalue weighted by atomic mass is 10.2. The van der Waals surface area contributed by atoms with Crippen LogP contribution in [0, 0.1) is 5.92 Å². The Morgan fingerprint density at radius 2 is 1.88 bits per heavy atom. The molecule has 0 saturated heterocycles. The first kappa shape index (κ1) is 7.92. The summed E-state index contributed by atoms with van der Waals surface area (Å²) in [5, 5.41) is 1.97. The van der Waals surface area contributed by atoms with Gasteiger partial charge in [0, 0.05) is 0 Å². The van der Waals surface area contributed by atoms with Gasteiger partial charge in [-0.15, -0.1) is 5.43 Å². The van der Waals surface area contributed by atoms with Gasteiger partial charge in [-0.05, 0) is 5.92 Å². The number of hydrazine groups is 1. The minimum atomic E-state index is 0.734. The molecule has 0 saturated carbocycles. The number of hydrogen-bond donors (Lipinski definition) is 1. The Morgan fingerprint density at radius 1 is 1.38 bits per heavy atom. The van der Waals surface area contributed by atoms with Gasteiger partial charge in [0.2, 0.25) is 0 Å². The summed E-state index contributed by atoms with van der Waals surface area (Å²) < 4.78 is 0. The summed E-state index contributed by atoms with van der Waals surface area (Å²) in [4.78, 5) is 0. The van der Waals surface area contributed by atoms with E-state index in [4.69, 9.17) is 0 Å². The van der Waals surface area contributed by atoms with Crippen LogP contribution in [0.15, 0.2) is 0 Å². The van der Waals surface area contributed by atoms with Crippen molar-refractivity contribution in [2.24, 2.45) is 5.92 Å². The van der Waals surface area contributed by atoms with Crippen LogP contribution in [0.1, 0.15) is 13.8 Å². The van der Waals surface area contributed by atoms with Gasteiger partial charge in [-0.3, -0.25) is 0 Å². The molecule has 0 spiro atoms. The summed E-state index contributed by atoms with van der Waals surface area (Å²) in [6.45, 7) is 5.44. The Kier molecular flexibility index (Phi) is 3.83. The van der Waals surface area contributed by atoms with Crippen LogP contribution in [0.25, 0.3) is 0 Å². The Hall–Kier alpha value is -0.0800. The molecule has 0 fully saturated rings. The average molecular weight is 116 g/mol. The lowest BCUT2D eigenvalue weighted by Crippen LogP contribution is -2.38. The highest BCUT2D eigenvalue weighted by Gasteiger charge is 1.98. The van der Waals surface area contributed by atoms with Crippen molar-refractivity contribution in [3.8, 4) is 0 Å². The molecule has 8 heavy (non-hydrogen) atoms. The molecule has 1 N–H and O–H groups in total. The first-order valence-electron chi connectivity index (χ1n) is 3.03. The monoisotopic (exact) mass is 116 g/mol. The second-order valence-corrected chi connectivity index (χ2v) is 2.65. The minimum absolute atomic E-state index is 0.734. The van der Waals surface area contributed by atoms with Crippen molar-refractivity contribution in [2.45, 2.75) is 13.8 Å². The summed E-state index contributed by atoms with van der Waals surface area (Å²) in [5.41, 5.74) is 3.18. The van der Waals surface area contributed by atoms with Crippen molar-refractivity contribution < 1.29 is 0 Å². The molecule has 0 aliphatic heterocycles. The molecule has 0 unspecified atom stereocenters. The zero-order valence-electron chi connectivity index (χ0n) is 6.23. The van der Waals surface area contributed by atoms with Crippen molar-refractivity contribution in [3.63, 3.8) is 0 Å². The maximum atomic E-state index is 3.18. The normalized spacial score (nSPS) is 11.2. The largest absolute Gasteiger partial charge is 0.134 e. The van der Waals surface area contributed by atoms with Crippen LogP contribution in [-0.2, 0) is 0 Å². The molecule has 2 nitrogen and oxygen atoms in total. The zero-order chi connectivity index (χ0) is 6.57. The van der Waals surface area contributed by atoms with E-state index in [1.807, 2.05) is 19.1 Å². The van der Waals surface area contributed by atoms with E-state index in [0.29, 0.717) is 0 Å². The first-order chi connectivity index (χ1) is 3.63. The lowest BCUT2D eigenvalue weighted by Gasteiger charge is -2.03. The lowest BCUT2D eigenvalue weighted by molar-refractivity contribution is 0.386. The van der Waals surface area contributed by atoms with E-state index in [9.17, 15) is 0 Å². The molecule has 0 rings (SSSR count). The molecule has 0 amide bonds. The van der Waals surface area contributed by atoms with E-state index in [1.54, 1.807) is 0 Å². The van der Waals surface area contributed by atoms with E-state index in [-0.39, 0.29) is 0 Å². The molecular formula is C6H16N2+. The predicted molar refractivity (Wildman–Crippen MR) is 36.8 cm³/mol. The number of nitrogens with zero attached hydrogens (tertiary/aromatic N) is 1. The number of rotatable bonds is 3. The maximum Gasteiger partial charge on any atom is 0.134 e. The Labute approximate surface area is 51.8 Å². The van der Waals surface area contributed by atoms with Crippen molar-refractivity contribution in [3.05, 3.63) is 0 Å². The zero-order valence-corrected chi connectivity index (χ0v) is 6.23. The smallest absolute Gasteiger partial charge is 0.119 e. The molecule has 49 valence electrons. The predicted octanol–water partition coefficient (Wildman–Crippen LogP) is 0.547. The third-order valence-electron chi connectivity index (χ3n) is 0.816. The van der Waals surface area contributed by atoms with Gasteiger partial charge in [0.15, 0.2) is 0 Å². The van der Waals surface area contributed by atoms with E-state index < -0.39 is 0 Å². The maximum absolute atomic E-state index is 3.18. The van der Waals surface area contributed by atoms with E-state index >= 15 is 0 Å². The fourth-order valence-electron chi connectivity index (χ4n) is 0.365. The van der Waals surface area contributed by atoms with E-state index in [1.165, 1.54) is 0 Å². The SMILES string of the molecule is CC(C)CN[N+](C)C. The quantitative estimate of drug-likeness (QED) is 0.421. The minimum Gasteiger partial charge on any atom is -0.119 e. The van der Waals surface area contributed by atoms with Crippen molar-refractivity contribution in [1.29, 1.82) is 0 Å². The highest BCUT2D eigenvalue weighted by Crippen LogP contribution is 1.85. The second kappa shape index (κ2) is 3.87. The molecular weight excluding hydrogens is 100 g/mol. The van der Waals surface area contributed by atoms with Gasteiger partial charge < -0.3 is 0 Å². The van der Waals surface area contributed by atoms with Crippen molar-refractivity contribution in [2.75, 3.05) is 20.6 Å². The van der Waals surface area contributed by atoms with E-state index in [2.05, 4.69) is 19.3 Å². The summed E-state index contributed by atoms with van der Waals surface area (Å²) in [6.07, 6.45) is 0. The Morgan fingerprint density at radius 3 is 2.00 bits per heavy atom.